The molecule has 2 rings (SSSR count). The van der Waals surface area contributed by atoms with Gasteiger partial charge in [0, 0.05) is 23.1 Å². The number of thiophene rings is 1. The Balaban J connectivity index is 1.69. The van der Waals surface area contributed by atoms with E-state index in [1.165, 1.54) is 4.88 Å². The zero-order valence-corrected chi connectivity index (χ0v) is 12.4. The maximum absolute atomic E-state index is 11.8. The molecule has 1 amide bonds. The molecular weight excluding hydrogens is 270 g/mol. The average molecular weight is 289 g/mol. The lowest BCUT2D eigenvalue weighted by atomic mass is 10.1. The lowest BCUT2D eigenvalue weighted by molar-refractivity contribution is -0.116. The average Bonchev–Trinajstić information content (AvgIpc) is 2.97. The van der Waals surface area contributed by atoms with Crippen molar-refractivity contribution in [1.82, 2.24) is 0 Å². The maximum atomic E-state index is 11.8. The predicted molar refractivity (Wildman–Crippen MR) is 83.5 cm³/mol. The summed E-state index contributed by atoms with van der Waals surface area (Å²) in [5, 5.41) is 4.98. The molecule has 0 aliphatic carbocycles. The highest BCUT2D eigenvalue weighted by atomic mass is 32.1. The van der Waals surface area contributed by atoms with E-state index < -0.39 is 0 Å². The molecule has 0 saturated carbocycles. The minimum absolute atomic E-state index is 0.0597. The summed E-state index contributed by atoms with van der Waals surface area (Å²) in [6, 6.07) is 11.6. The molecule has 20 heavy (non-hydrogen) atoms. The number of carbonyl (C=O) groups is 1. The van der Waals surface area contributed by atoms with Crippen LogP contribution in [-0.2, 0) is 11.2 Å². The van der Waals surface area contributed by atoms with Gasteiger partial charge in [0.25, 0.3) is 0 Å². The molecule has 0 unspecified atom stereocenters. The number of unbranched alkanes of at least 4 members (excludes halogenated alkanes) is 1. The van der Waals surface area contributed by atoms with Gasteiger partial charge >= 0.3 is 0 Å². The zero-order valence-electron chi connectivity index (χ0n) is 11.6. The number of ether oxygens (including phenoxy) is 1. The van der Waals surface area contributed by atoms with Crippen molar-refractivity contribution in [2.45, 2.75) is 25.7 Å². The van der Waals surface area contributed by atoms with Crippen molar-refractivity contribution in [1.29, 1.82) is 0 Å². The normalized spacial score (nSPS) is 10.2. The van der Waals surface area contributed by atoms with Crippen molar-refractivity contribution >= 4 is 22.9 Å². The summed E-state index contributed by atoms with van der Waals surface area (Å²) >= 11 is 1.77. The van der Waals surface area contributed by atoms with E-state index in [1.54, 1.807) is 18.4 Å². The largest absolute Gasteiger partial charge is 0.497 e. The summed E-state index contributed by atoms with van der Waals surface area (Å²) in [6.07, 6.45) is 3.58. The molecule has 0 fully saturated rings. The van der Waals surface area contributed by atoms with Crippen LogP contribution in [0, 0.1) is 0 Å². The number of aryl methyl sites for hydroxylation is 1. The molecule has 1 N–H and O–H groups in total. The van der Waals surface area contributed by atoms with Gasteiger partial charge in [-0.25, -0.2) is 0 Å². The van der Waals surface area contributed by atoms with Crippen LogP contribution >= 0.6 is 11.3 Å². The second kappa shape index (κ2) is 7.70. The number of amides is 1. The van der Waals surface area contributed by atoms with Crippen molar-refractivity contribution in [2.75, 3.05) is 12.4 Å². The summed E-state index contributed by atoms with van der Waals surface area (Å²) in [5.41, 5.74) is 0.785. The van der Waals surface area contributed by atoms with Gasteiger partial charge < -0.3 is 10.1 Å². The van der Waals surface area contributed by atoms with Gasteiger partial charge in [-0.15, -0.1) is 11.3 Å². The summed E-state index contributed by atoms with van der Waals surface area (Å²) in [5.74, 6) is 0.810. The molecule has 0 radical (unpaired) electrons. The maximum Gasteiger partial charge on any atom is 0.224 e. The minimum Gasteiger partial charge on any atom is -0.497 e. The van der Waals surface area contributed by atoms with Crippen LogP contribution in [-0.4, -0.2) is 13.0 Å². The smallest absolute Gasteiger partial charge is 0.224 e. The number of carbonyl (C=O) groups excluding carboxylic acids is 1. The lowest BCUT2D eigenvalue weighted by Crippen LogP contribution is -2.11. The van der Waals surface area contributed by atoms with E-state index in [4.69, 9.17) is 4.74 Å². The Morgan fingerprint density at radius 2 is 2.15 bits per heavy atom. The van der Waals surface area contributed by atoms with Crippen molar-refractivity contribution in [3.05, 3.63) is 46.7 Å². The SMILES string of the molecule is COc1cccc(NC(=O)CCCCc2cccs2)c1. The number of methoxy groups -OCH3 is 1. The molecule has 106 valence electrons. The number of nitrogens with one attached hydrogen (secondary N) is 1. The van der Waals surface area contributed by atoms with Gasteiger partial charge in [0.15, 0.2) is 0 Å². The van der Waals surface area contributed by atoms with Crippen molar-refractivity contribution in [2.24, 2.45) is 0 Å². The minimum atomic E-state index is 0.0597. The number of hydrogen-bond acceptors (Lipinski definition) is 3. The summed E-state index contributed by atoms with van der Waals surface area (Å²) < 4.78 is 5.13. The predicted octanol–water partition coefficient (Wildman–Crippen LogP) is 4.11. The van der Waals surface area contributed by atoms with Crippen LogP contribution in [0.1, 0.15) is 24.1 Å². The highest BCUT2D eigenvalue weighted by molar-refractivity contribution is 7.09. The Kier molecular flexibility index (Phi) is 5.62. The molecule has 2 aromatic rings. The highest BCUT2D eigenvalue weighted by Crippen LogP contribution is 2.17. The molecule has 0 aliphatic rings. The van der Waals surface area contributed by atoms with E-state index in [0.717, 1.165) is 30.7 Å². The Labute approximate surface area is 123 Å². The Morgan fingerprint density at radius 1 is 1.25 bits per heavy atom. The molecule has 0 aliphatic heterocycles. The standard InChI is InChI=1S/C16H19NO2S/c1-19-14-7-4-6-13(12-14)17-16(18)10-3-2-8-15-9-5-11-20-15/h4-7,9,11-12H,2-3,8,10H2,1H3,(H,17,18). The number of anilines is 1. The van der Waals surface area contributed by atoms with E-state index in [-0.39, 0.29) is 5.91 Å². The molecular formula is C16H19NO2S. The van der Waals surface area contributed by atoms with E-state index in [9.17, 15) is 4.79 Å². The third kappa shape index (κ3) is 4.70. The number of benzene rings is 1. The molecule has 3 nitrogen and oxygen atoms in total. The molecule has 0 bridgehead atoms. The Bertz CT molecular complexity index is 537. The Morgan fingerprint density at radius 3 is 2.90 bits per heavy atom. The monoisotopic (exact) mass is 289 g/mol. The Hall–Kier alpha value is -1.81. The van der Waals surface area contributed by atoms with Gasteiger partial charge in [0.1, 0.15) is 5.75 Å². The first kappa shape index (κ1) is 14.6. The second-order valence-corrected chi connectivity index (χ2v) is 5.60. The quantitative estimate of drug-likeness (QED) is 0.779. The van der Waals surface area contributed by atoms with E-state index in [0.29, 0.717) is 6.42 Å². The van der Waals surface area contributed by atoms with Crippen LogP contribution in [0.3, 0.4) is 0 Å². The van der Waals surface area contributed by atoms with Gasteiger partial charge in [0.05, 0.1) is 7.11 Å². The van der Waals surface area contributed by atoms with Crippen molar-refractivity contribution in [3.63, 3.8) is 0 Å². The topological polar surface area (TPSA) is 38.3 Å². The first-order valence-corrected chi connectivity index (χ1v) is 7.62. The van der Waals surface area contributed by atoms with Gasteiger partial charge in [-0.1, -0.05) is 12.1 Å². The zero-order chi connectivity index (χ0) is 14.2. The molecule has 0 spiro atoms. The van der Waals surface area contributed by atoms with Gasteiger partial charge in [0.2, 0.25) is 5.91 Å². The fraction of sp³-hybridized carbons (Fsp3) is 0.312. The van der Waals surface area contributed by atoms with Crippen LogP contribution in [0.2, 0.25) is 0 Å². The van der Waals surface area contributed by atoms with E-state index in [2.05, 4.69) is 22.8 Å². The van der Waals surface area contributed by atoms with Gasteiger partial charge in [-0.2, -0.15) is 0 Å². The number of rotatable bonds is 7. The molecule has 1 aromatic carbocycles. The first-order chi connectivity index (χ1) is 9.78. The number of hydrogen-bond donors (Lipinski definition) is 1. The van der Waals surface area contributed by atoms with Crippen LogP contribution in [0.4, 0.5) is 5.69 Å². The molecule has 1 heterocycles. The van der Waals surface area contributed by atoms with Crippen LogP contribution in [0.5, 0.6) is 5.75 Å². The highest BCUT2D eigenvalue weighted by Gasteiger charge is 2.03. The third-order valence-electron chi connectivity index (χ3n) is 3.01. The second-order valence-electron chi connectivity index (χ2n) is 4.57. The molecule has 0 atom stereocenters. The lowest BCUT2D eigenvalue weighted by Gasteiger charge is -2.06. The summed E-state index contributed by atoms with van der Waals surface area (Å²) in [6.45, 7) is 0. The fourth-order valence-electron chi connectivity index (χ4n) is 1.96. The summed E-state index contributed by atoms with van der Waals surface area (Å²) in [7, 11) is 1.62. The van der Waals surface area contributed by atoms with Crippen molar-refractivity contribution < 1.29 is 9.53 Å². The van der Waals surface area contributed by atoms with Gasteiger partial charge in [-0.05, 0) is 42.8 Å². The first-order valence-electron chi connectivity index (χ1n) is 6.74. The molecule has 4 heteroatoms. The van der Waals surface area contributed by atoms with E-state index >= 15 is 0 Å². The molecule has 1 aromatic heterocycles. The van der Waals surface area contributed by atoms with Gasteiger partial charge in [-0.3, -0.25) is 4.79 Å². The fourth-order valence-corrected chi connectivity index (χ4v) is 2.72. The third-order valence-corrected chi connectivity index (χ3v) is 3.95. The molecule has 0 saturated heterocycles. The van der Waals surface area contributed by atoms with Crippen LogP contribution in [0.25, 0.3) is 0 Å². The van der Waals surface area contributed by atoms with Crippen LogP contribution < -0.4 is 10.1 Å². The van der Waals surface area contributed by atoms with Crippen molar-refractivity contribution in [3.8, 4) is 5.75 Å². The summed E-state index contributed by atoms with van der Waals surface area (Å²) in [4.78, 5) is 13.2. The van der Waals surface area contributed by atoms with E-state index in [1.807, 2.05) is 24.3 Å². The van der Waals surface area contributed by atoms with Crippen LogP contribution in [0.15, 0.2) is 41.8 Å².